The van der Waals surface area contributed by atoms with Gasteiger partial charge in [0.15, 0.2) is 0 Å². The zero-order valence-corrected chi connectivity index (χ0v) is 11.4. The van der Waals surface area contributed by atoms with Gasteiger partial charge in [-0.1, -0.05) is 24.3 Å². The minimum absolute atomic E-state index is 0.199. The molecule has 1 atom stereocenters. The average Bonchev–Trinajstić information content (AvgIpc) is 2.46. The van der Waals surface area contributed by atoms with Crippen LogP contribution in [0.15, 0.2) is 42.5 Å². The summed E-state index contributed by atoms with van der Waals surface area (Å²) in [6.45, 7) is 2.43. The Morgan fingerprint density at radius 1 is 1.14 bits per heavy atom. The van der Waals surface area contributed by atoms with Crippen molar-refractivity contribution in [2.24, 2.45) is 0 Å². The summed E-state index contributed by atoms with van der Waals surface area (Å²) < 4.78 is 43.9. The summed E-state index contributed by atoms with van der Waals surface area (Å²) in [4.78, 5) is 0. The molecule has 0 aliphatic carbocycles. The van der Waals surface area contributed by atoms with Gasteiger partial charge in [0.25, 0.3) is 0 Å². The van der Waals surface area contributed by atoms with E-state index >= 15 is 0 Å². The summed E-state index contributed by atoms with van der Waals surface area (Å²) >= 11 is 0. The SMILES string of the molecule is Cc1ccccc1C1CNc2cc(C(F)(F)F)ccc2O1. The molecule has 0 fully saturated rings. The van der Waals surface area contributed by atoms with Crippen molar-refractivity contribution in [1.82, 2.24) is 0 Å². The van der Waals surface area contributed by atoms with Crippen LogP contribution >= 0.6 is 0 Å². The van der Waals surface area contributed by atoms with Gasteiger partial charge in [-0.05, 0) is 36.2 Å². The maximum absolute atomic E-state index is 12.7. The molecule has 5 heteroatoms. The molecular formula is C16H14F3NO. The molecular weight excluding hydrogens is 279 g/mol. The van der Waals surface area contributed by atoms with Crippen LogP contribution < -0.4 is 10.1 Å². The topological polar surface area (TPSA) is 21.3 Å². The summed E-state index contributed by atoms with van der Waals surface area (Å²) in [5.41, 5.74) is 1.84. The van der Waals surface area contributed by atoms with Crippen LogP contribution in [0.25, 0.3) is 0 Å². The molecule has 3 rings (SSSR count). The number of ether oxygens (including phenoxy) is 1. The molecule has 1 unspecified atom stereocenters. The second kappa shape index (κ2) is 4.98. The molecule has 1 aliphatic heterocycles. The number of nitrogens with one attached hydrogen (secondary N) is 1. The molecule has 0 saturated carbocycles. The number of alkyl halides is 3. The van der Waals surface area contributed by atoms with Crippen molar-refractivity contribution in [1.29, 1.82) is 0 Å². The molecule has 110 valence electrons. The Balaban J connectivity index is 1.89. The van der Waals surface area contributed by atoms with Crippen molar-refractivity contribution < 1.29 is 17.9 Å². The van der Waals surface area contributed by atoms with Crippen LogP contribution in [0.4, 0.5) is 18.9 Å². The fourth-order valence-electron chi connectivity index (χ4n) is 2.47. The summed E-state index contributed by atoms with van der Waals surface area (Å²) in [6.07, 6.45) is -4.54. The summed E-state index contributed by atoms with van der Waals surface area (Å²) in [6, 6.07) is 11.3. The number of aryl methyl sites for hydroxylation is 1. The molecule has 0 radical (unpaired) electrons. The molecule has 2 aromatic rings. The van der Waals surface area contributed by atoms with E-state index in [4.69, 9.17) is 4.74 Å². The van der Waals surface area contributed by atoms with Gasteiger partial charge in [0, 0.05) is 0 Å². The lowest BCUT2D eigenvalue weighted by atomic mass is 10.0. The van der Waals surface area contributed by atoms with Gasteiger partial charge >= 0.3 is 6.18 Å². The zero-order chi connectivity index (χ0) is 15.0. The first-order chi connectivity index (χ1) is 9.95. The second-order valence-electron chi connectivity index (χ2n) is 5.05. The Hall–Kier alpha value is -2.17. The first-order valence-corrected chi connectivity index (χ1v) is 6.62. The van der Waals surface area contributed by atoms with Crippen LogP contribution in [0.2, 0.25) is 0 Å². The molecule has 0 saturated heterocycles. The normalized spacial score (nSPS) is 17.6. The highest BCUT2D eigenvalue weighted by atomic mass is 19.4. The molecule has 0 bridgehead atoms. The van der Waals surface area contributed by atoms with Crippen molar-refractivity contribution >= 4 is 5.69 Å². The number of hydrogen-bond donors (Lipinski definition) is 1. The first-order valence-electron chi connectivity index (χ1n) is 6.62. The van der Waals surface area contributed by atoms with E-state index in [1.807, 2.05) is 31.2 Å². The van der Waals surface area contributed by atoms with Gasteiger partial charge in [0.05, 0.1) is 17.8 Å². The number of benzene rings is 2. The predicted octanol–water partition coefficient (Wildman–Crippen LogP) is 4.56. The molecule has 2 aromatic carbocycles. The lowest BCUT2D eigenvalue weighted by molar-refractivity contribution is -0.137. The fourth-order valence-corrected chi connectivity index (χ4v) is 2.47. The van der Waals surface area contributed by atoms with E-state index in [-0.39, 0.29) is 6.10 Å². The average molecular weight is 293 g/mol. The van der Waals surface area contributed by atoms with E-state index in [1.165, 1.54) is 6.07 Å². The Morgan fingerprint density at radius 3 is 2.62 bits per heavy atom. The van der Waals surface area contributed by atoms with Crippen LogP contribution in [-0.2, 0) is 6.18 Å². The highest BCUT2D eigenvalue weighted by molar-refractivity contribution is 5.60. The molecule has 2 nitrogen and oxygen atoms in total. The number of halogens is 3. The number of fused-ring (bicyclic) bond motifs is 1. The monoisotopic (exact) mass is 293 g/mol. The third kappa shape index (κ3) is 2.68. The van der Waals surface area contributed by atoms with E-state index in [2.05, 4.69) is 5.32 Å². The van der Waals surface area contributed by atoms with Crippen molar-refractivity contribution in [3.8, 4) is 5.75 Å². The minimum Gasteiger partial charge on any atom is -0.482 e. The minimum atomic E-state index is -4.34. The quantitative estimate of drug-likeness (QED) is 0.832. The second-order valence-corrected chi connectivity index (χ2v) is 5.05. The van der Waals surface area contributed by atoms with Crippen LogP contribution in [0.1, 0.15) is 22.8 Å². The van der Waals surface area contributed by atoms with E-state index in [0.717, 1.165) is 23.3 Å². The van der Waals surface area contributed by atoms with Gasteiger partial charge in [0.2, 0.25) is 0 Å². The Bertz CT molecular complexity index is 667. The van der Waals surface area contributed by atoms with Gasteiger partial charge < -0.3 is 10.1 Å². The van der Waals surface area contributed by atoms with Crippen LogP contribution in [0.5, 0.6) is 5.75 Å². The lowest BCUT2D eigenvalue weighted by Gasteiger charge is -2.29. The maximum atomic E-state index is 12.7. The Kier molecular flexibility index (Phi) is 3.27. The fraction of sp³-hybridized carbons (Fsp3) is 0.250. The molecule has 0 spiro atoms. The van der Waals surface area contributed by atoms with Gasteiger partial charge in [-0.2, -0.15) is 13.2 Å². The molecule has 0 aromatic heterocycles. The van der Waals surface area contributed by atoms with E-state index in [1.54, 1.807) is 0 Å². The van der Waals surface area contributed by atoms with Crippen molar-refractivity contribution in [3.05, 3.63) is 59.2 Å². The first kappa shape index (κ1) is 13.8. The highest BCUT2D eigenvalue weighted by Crippen LogP contribution is 2.39. The maximum Gasteiger partial charge on any atom is 0.416 e. The third-order valence-corrected chi connectivity index (χ3v) is 3.59. The largest absolute Gasteiger partial charge is 0.482 e. The van der Waals surface area contributed by atoms with Crippen LogP contribution in [0.3, 0.4) is 0 Å². The van der Waals surface area contributed by atoms with Crippen LogP contribution in [-0.4, -0.2) is 6.54 Å². The van der Waals surface area contributed by atoms with Crippen molar-refractivity contribution in [2.75, 3.05) is 11.9 Å². The van der Waals surface area contributed by atoms with Crippen molar-refractivity contribution in [2.45, 2.75) is 19.2 Å². The lowest BCUT2D eigenvalue weighted by Crippen LogP contribution is -2.24. The smallest absolute Gasteiger partial charge is 0.416 e. The molecule has 21 heavy (non-hydrogen) atoms. The summed E-state index contributed by atoms with van der Waals surface area (Å²) in [5, 5.41) is 3.03. The van der Waals surface area contributed by atoms with E-state index in [9.17, 15) is 13.2 Å². The zero-order valence-electron chi connectivity index (χ0n) is 11.4. The van der Waals surface area contributed by atoms with Gasteiger partial charge in [-0.15, -0.1) is 0 Å². The Morgan fingerprint density at radius 2 is 1.90 bits per heavy atom. The van der Waals surface area contributed by atoms with E-state index < -0.39 is 11.7 Å². The van der Waals surface area contributed by atoms with Gasteiger partial charge in [0.1, 0.15) is 11.9 Å². The number of rotatable bonds is 1. The molecule has 1 aliphatic rings. The van der Waals surface area contributed by atoms with Crippen molar-refractivity contribution in [3.63, 3.8) is 0 Å². The van der Waals surface area contributed by atoms with Gasteiger partial charge in [-0.25, -0.2) is 0 Å². The van der Waals surface area contributed by atoms with E-state index in [0.29, 0.717) is 18.0 Å². The number of anilines is 1. The predicted molar refractivity (Wildman–Crippen MR) is 74.5 cm³/mol. The van der Waals surface area contributed by atoms with Gasteiger partial charge in [-0.3, -0.25) is 0 Å². The summed E-state index contributed by atoms with van der Waals surface area (Å²) in [7, 11) is 0. The highest BCUT2D eigenvalue weighted by Gasteiger charge is 2.32. The molecule has 1 N–H and O–H groups in total. The summed E-state index contributed by atoms with van der Waals surface area (Å²) in [5.74, 6) is 0.447. The van der Waals surface area contributed by atoms with Crippen LogP contribution in [0, 0.1) is 6.92 Å². The number of hydrogen-bond acceptors (Lipinski definition) is 2. The Labute approximate surface area is 120 Å². The third-order valence-electron chi connectivity index (χ3n) is 3.59. The molecule has 0 amide bonds. The standard InChI is InChI=1S/C16H14F3NO/c1-10-4-2-3-5-12(10)15-9-20-13-8-11(16(17,18)19)6-7-14(13)21-15/h2-8,15,20H,9H2,1H3. The molecule has 1 heterocycles.